The summed E-state index contributed by atoms with van der Waals surface area (Å²) < 4.78 is 0. The molecule has 1 radical (unpaired) electrons. The largest absolute Gasteiger partial charge is 0.291 e. The van der Waals surface area contributed by atoms with Crippen LogP contribution in [-0.4, -0.2) is 6.29 Å². The summed E-state index contributed by atoms with van der Waals surface area (Å²) in [6.07, 6.45) is 8.32. The van der Waals surface area contributed by atoms with Crippen LogP contribution in [0.1, 0.15) is 26.2 Å². The molecule has 0 aliphatic heterocycles. The number of allylic oxidation sites excluding steroid dienone is 2. The fourth-order valence-electron chi connectivity index (χ4n) is 0.427. The maximum Gasteiger partial charge on any atom is 0.198 e. The van der Waals surface area contributed by atoms with Crippen LogP contribution in [0.15, 0.2) is 12.2 Å². The third-order valence-corrected chi connectivity index (χ3v) is 0.815. The van der Waals surface area contributed by atoms with Crippen LogP contribution in [0, 0.1) is 0 Å². The molecule has 0 aromatic rings. The average molecular weight is 111 g/mol. The van der Waals surface area contributed by atoms with E-state index < -0.39 is 0 Å². The third kappa shape index (κ3) is 5.41. The van der Waals surface area contributed by atoms with Gasteiger partial charge in [0, 0.05) is 6.42 Å². The molecule has 0 bridgehead atoms. The second kappa shape index (κ2) is 6.41. The van der Waals surface area contributed by atoms with Crippen molar-refractivity contribution < 1.29 is 4.79 Å². The summed E-state index contributed by atoms with van der Waals surface area (Å²) in [6.45, 7) is 2.07. The summed E-state index contributed by atoms with van der Waals surface area (Å²) in [4.78, 5) is 9.61. The average Bonchev–Trinajstić information content (AvgIpc) is 1.81. The van der Waals surface area contributed by atoms with Gasteiger partial charge in [-0.25, -0.2) is 0 Å². The van der Waals surface area contributed by atoms with Gasteiger partial charge in [-0.3, -0.25) is 4.79 Å². The van der Waals surface area contributed by atoms with E-state index in [0.29, 0.717) is 6.42 Å². The van der Waals surface area contributed by atoms with E-state index in [4.69, 9.17) is 0 Å². The van der Waals surface area contributed by atoms with Gasteiger partial charge in [-0.2, -0.15) is 0 Å². The fraction of sp³-hybridized carbons (Fsp3) is 0.571. The summed E-state index contributed by atoms with van der Waals surface area (Å²) in [5.41, 5.74) is 0. The van der Waals surface area contributed by atoms with E-state index in [0.717, 1.165) is 12.8 Å². The lowest BCUT2D eigenvalue weighted by Gasteiger charge is -1.78. The Morgan fingerprint density at radius 3 is 2.75 bits per heavy atom. The molecule has 8 heavy (non-hydrogen) atoms. The van der Waals surface area contributed by atoms with Gasteiger partial charge in [-0.1, -0.05) is 19.1 Å². The Kier molecular flexibility index (Phi) is 5.94. The van der Waals surface area contributed by atoms with E-state index in [9.17, 15) is 4.79 Å². The molecule has 0 spiro atoms. The monoisotopic (exact) mass is 111 g/mol. The predicted octanol–water partition coefficient (Wildman–Crippen LogP) is 1.84. The maximum absolute atomic E-state index is 9.61. The molecule has 1 nitrogen and oxygen atoms in total. The molecule has 0 amide bonds. The number of hydrogen-bond acceptors (Lipinski definition) is 1. The molecule has 0 fully saturated rings. The Balaban J connectivity index is 2.90. The molecule has 0 heterocycles. The van der Waals surface area contributed by atoms with E-state index in [-0.39, 0.29) is 0 Å². The molecule has 0 saturated heterocycles. The molecule has 0 saturated carbocycles. The molecule has 0 rings (SSSR count). The quantitative estimate of drug-likeness (QED) is 0.399. The zero-order valence-corrected chi connectivity index (χ0v) is 5.18. The van der Waals surface area contributed by atoms with Gasteiger partial charge in [0.1, 0.15) is 0 Å². The zero-order valence-electron chi connectivity index (χ0n) is 5.18. The Morgan fingerprint density at radius 1 is 1.50 bits per heavy atom. The molecule has 0 aliphatic rings. The van der Waals surface area contributed by atoms with Crippen molar-refractivity contribution in [3.8, 4) is 0 Å². The van der Waals surface area contributed by atoms with Gasteiger partial charge in [-0.05, 0) is 12.8 Å². The van der Waals surface area contributed by atoms with Crippen LogP contribution in [0.3, 0.4) is 0 Å². The highest BCUT2D eigenvalue weighted by Gasteiger charge is 1.75. The molecule has 0 unspecified atom stereocenters. The predicted molar refractivity (Wildman–Crippen MR) is 34.4 cm³/mol. The van der Waals surface area contributed by atoms with Gasteiger partial charge in [-0.15, -0.1) is 0 Å². The second-order valence-corrected chi connectivity index (χ2v) is 1.56. The molecule has 0 aromatic heterocycles. The van der Waals surface area contributed by atoms with Crippen LogP contribution in [0.2, 0.25) is 0 Å². The first-order valence-corrected chi connectivity index (χ1v) is 2.91. The van der Waals surface area contributed by atoms with Gasteiger partial charge in [0.2, 0.25) is 0 Å². The van der Waals surface area contributed by atoms with Gasteiger partial charge in [0.15, 0.2) is 6.29 Å². The van der Waals surface area contributed by atoms with Gasteiger partial charge < -0.3 is 0 Å². The molecule has 0 aromatic carbocycles. The van der Waals surface area contributed by atoms with Crippen LogP contribution in [0.25, 0.3) is 0 Å². The highest BCUT2D eigenvalue weighted by molar-refractivity contribution is 5.50. The summed E-state index contributed by atoms with van der Waals surface area (Å²) in [5.74, 6) is 0. The molecular formula is C7H11O. The maximum atomic E-state index is 9.61. The molecule has 1 heteroatoms. The van der Waals surface area contributed by atoms with Crippen LogP contribution in [-0.2, 0) is 4.79 Å². The van der Waals surface area contributed by atoms with Crippen molar-refractivity contribution >= 4 is 6.29 Å². The fourth-order valence-corrected chi connectivity index (χ4v) is 0.427. The lowest BCUT2D eigenvalue weighted by Crippen LogP contribution is -1.68. The Hall–Kier alpha value is -0.590. The molecule has 0 atom stereocenters. The van der Waals surface area contributed by atoms with Crippen molar-refractivity contribution in [3.05, 3.63) is 12.2 Å². The van der Waals surface area contributed by atoms with Crippen LogP contribution in [0.4, 0.5) is 0 Å². The van der Waals surface area contributed by atoms with Crippen molar-refractivity contribution in [2.24, 2.45) is 0 Å². The smallest absolute Gasteiger partial charge is 0.198 e. The molecule has 0 aliphatic carbocycles. The van der Waals surface area contributed by atoms with E-state index in [1.54, 1.807) is 0 Å². The summed E-state index contributed by atoms with van der Waals surface area (Å²) in [6, 6.07) is 0. The van der Waals surface area contributed by atoms with E-state index in [2.05, 4.69) is 13.0 Å². The van der Waals surface area contributed by atoms with Gasteiger partial charge >= 0.3 is 0 Å². The Labute approximate surface area is 50.4 Å². The Bertz CT molecular complexity index is 74.5. The van der Waals surface area contributed by atoms with Crippen LogP contribution >= 0.6 is 0 Å². The van der Waals surface area contributed by atoms with E-state index >= 15 is 0 Å². The van der Waals surface area contributed by atoms with Crippen molar-refractivity contribution in [2.45, 2.75) is 26.2 Å². The first-order chi connectivity index (χ1) is 3.91. The minimum Gasteiger partial charge on any atom is -0.291 e. The lowest BCUT2D eigenvalue weighted by molar-refractivity contribution is 0.552. The van der Waals surface area contributed by atoms with E-state index in [1.165, 1.54) is 0 Å². The highest BCUT2D eigenvalue weighted by atomic mass is 16.1. The summed E-state index contributed by atoms with van der Waals surface area (Å²) in [5, 5.41) is 0. The minimum atomic E-state index is 0.538. The van der Waals surface area contributed by atoms with Crippen molar-refractivity contribution in [3.63, 3.8) is 0 Å². The Morgan fingerprint density at radius 2 is 2.25 bits per heavy atom. The molecular weight excluding hydrogens is 100 g/mol. The second-order valence-electron chi connectivity index (χ2n) is 1.56. The van der Waals surface area contributed by atoms with Crippen molar-refractivity contribution in [2.75, 3.05) is 0 Å². The SMILES string of the molecule is CCC=CCC[C]=O. The van der Waals surface area contributed by atoms with Gasteiger partial charge in [0.25, 0.3) is 0 Å². The molecule has 45 valence electrons. The lowest BCUT2D eigenvalue weighted by atomic mass is 10.3. The topological polar surface area (TPSA) is 17.1 Å². The van der Waals surface area contributed by atoms with Crippen molar-refractivity contribution in [1.82, 2.24) is 0 Å². The minimum absolute atomic E-state index is 0.538. The summed E-state index contributed by atoms with van der Waals surface area (Å²) in [7, 11) is 0. The van der Waals surface area contributed by atoms with Gasteiger partial charge in [0.05, 0.1) is 0 Å². The number of rotatable bonds is 4. The summed E-state index contributed by atoms with van der Waals surface area (Å²) >= 11 is 0. The van der Waals surface area contributed by atoms with Crippen molar-refractivity contribution in [1.29, 1.82) is 0 Å². The highest BCUT2D eigenvalue weighted by Crippen LogP contribution is 1.87. The molecule has 0 N–H and O–H groups in total. The first kappa shape index (κ1) is 7.41. The number of carbonyl (C=O) groups excluding carboxylic acids is 1. The van der Waals surface area contributed by atoms with E-state index in [1.807, 2.05) is 12.4 Å². The van der Waals surface area contributed by atoms with Crippen LogP contribution < -0.4 is 0 Å². The standard InChI is InChI=1S/C7H11O/c1-2-3-4-5-6-7-8/h3-4H,2,5-6H2,1H3. The normalized spacial score (nSPS) is 10.1. The number of unbranched alkanes of at least 4 members (excludes halogenated alkanes) is 1. The zero-order chi connectivity index (χ0) is 6.24. The third-order valence-electron chi connectivity index (χ3n) is 0.815. The van der Waals surface area contributed by atoms with Crippen LogP contribution in [0.5, 0.6) is 0 Å². The first-order valence-electron chi connectivity index (χ1n) is 2.91. The number of hydrogen-bond donors (Lipinski definition) is 0.